The van der Waals surface area contributed by atoms with Crippen molar-refractivity contribution >= 4 is 62.0 Å². The molecular weight excluding hydrogens is 1010 g/mol. The van der Waals surface area contributed by atoms with Crippen LogP contribution in [0.5, 0.6) is 0 Å². The van der Waals surface area contributed by atoms with Crippen molar-refractivity contribution in [3.05, 3.63) is 122 Å². The van der Waals surface area contributed by atoms with Crippen LogP contribution in [0.2, 0.25) is 0 Å². The van der Waals surface area contributed by atoms with E-state index in [2.05, 4.69) is 39.0 Å². The largest absolute Gasteiger partial charge is 0.411 e. The second-order valence-corrected chi connectivity index (χ2v) is 25.6. The third-order valence-electron chi connectivity index (χ3n) is 18.2. The van der Waals surface area contributed by atoms with Crippen LogP contribution in [-0.2, 0) is 10.8 Å². The molecule has 0 radical (unpaired) electrons. The molecule has 9 rings (SSSR count). The summed E-state index contributed by atoms with van der Waals surface area (Å²) >= 11 is 0. The van der Waals surface area contributed by atoms with Gasteiger partial charge in [-0.25, -0.2) is 4.90 Å². The van der Waals surface area contributed by atoms with E-state index in [0.717, 1.165) is 78.1 Å². The van der Waals surface area contributed by atoms with E-state index < -0.39 is 96.9 Å². The van der Waals surface area contributed by atoms with Crippen LogP contribution in [0.3, 0.4) is 0 Å². The van der Waals surface area contributed by atoms with Crippen molar-refractivity contribution < 1.29 is 55.9 Å². The molecule has 0 saturated carbocycles. The Bertz CT molecular complexity index is 3500. The van der Waals surface area contributed by atoms with E-state index in [9.17, 15) is 29.6 Å². The molecule has 4 amide bonds. The maximum atomic E-state index is 15.8. The zero-order valence-electron chi connectivity index (χ0n) is 47.0. The maximum absolute atomic E-state index is 15.8. The fourth-order valence-electron chi connectivity index (χ4n) is 13.5. The number of benzene rings is 5. The maximum Gasteiger partial charge on any atom is 0.411 e. The second-order valence-electron chi connectivity index (χ2n) is 25.6. The van der Waals surface area contributed by atoms with Gasteiger partial charge in [0.2, 0.25) is 5.41 Å². The first-order valence-corrected chi connectivity index (χ1v) is 26.8. The van der Waals surface area contributed by atoms with E-state index in [0.29, 0.717) is 55.3 Å². The molecule has 0 atom stereocenters. The molecule has 78 heavy (non-hydrogen) atoms. The van der Waals surface area contributed by atoms with Gasteiger partial charge in [0.1, 0.15) is 0 Å². The number of imide groups is 2. The van der Waals surface area contributed by atoms with Crippen molar-refractivity contribution in [2.45, 2.75) is 193 Å². The molecule has 10 nitrogen and oxygen atoms in total. The summed E-state index contributed by atoms with van der Waals surface area (Å²) < 4.78 is 95.0. The molecule has 2 saturated heterocycles. The molecular formula is C62H70F6N4O6. The van der Waals surface area contributed by atoms with Gasteiger partial charge in [0.15, 0.2) is 0 Å². The first-order chi connectivity index (χ1) is 35.9. The minimum Gasteiger partial charge on any atom is -0.313 e. The van der Waals surface area contributed by atoms with Crippen molar-refractivity contribution in [3.8, 4) is 0 Å². The fraction of sp³-hybridized carbons (Fsp3) is 0.484. The molecule has 0 unspecified atom stereocenters. The van der Waals surface area contributed by atoms with Gasteiger partial charge in [0, 0.05) is 27.7 Å². The number of carbonyl (C=O) groups excluding carboxylic acids is 4. The summed E-state index contributed by atoms with van der Waals surface area (Å²) in [4.78, 5) is 58.4. The van der Waals surface area contributed by atoms with Crippen molar-refractivity contribution in [2.75, 3.05) is 4.90 Å². The van der Waals surface area contributed by atoms with Gasteiger partial charge < -0.3 is 10.4 Å². The Labute approximate surface area is 451 Å². The van der Waals surface area contributed by atoms with Crippen LogP contribution in [0.25, 0.3) is 32.7 Å². The molecule has 2 fully saturated rings. The highest BCUT2D eigenvalue weighted by atomic mass is 19.4. The van der Waals surface area contributed by atoms with E-state index in [1.807, 2.05) is 61.5 Å². The number of anilines is 1. The summed E-state index contributed by atoms with van der Waals surface area (Å²) in [5, 5.41) is 30.9. The topological polar surface area (TPSA) is 122 Å². The summed E-state index contributed by atoms with van der Waals surface area (Å²) in [7, 11) is 0. The van der Waals surface area contributed by atoms with E-state index in [4.69, 9.17) is 0 Å². The van der Waals surface area contributed by atoms with Crippen molar-refractivity contribution in [1.29, 1.82) is 0 Å². The minimum atomic E-state index is -6.14. The second kappa shape index (κ2) is 18.0. The SMILES string of the molecule is CCC(C)(CC)c1ccc2c(=C3CC(C)(C)N(O)C(C)(C)C3)c3cc(N4C(=O)c5ccc(C(c6ccc7c(c6)C(=O)N(C(C)(C)CC)C7=O)(C(F)(F)F)C(F)(F)F)cc5C4=O)ccc3c(=C3CC(C)(C)N(O)C(C)(C)C3)c2c1. The molecule has 0 bridgehead atoms. The molecule has 0 aromatic heterocycles. The molecule has 5 aromatic carbocycles. The highest BCUT2D eigenvalue weighted by Gasteiger charge is 2.73. The molecule has 16 heteroatoms. The van der Waals surface area contributed by atoms with Gasteiger partial charge in [-0.3, -0.25) is 24.1 Å². The lowest BCUT2D eigenvalue weighted by molar-refractivity contribution is -0.288. The number of hydroxylamine groups is 4. The van der Waals surface area contributed by atoms with E-state index in [1.165, 1.54) is 10.1 Å². The number of alkyl halides is 6. The Kier molecular flexibility index (Phi) is 13.1. The third kappa shape index (κ3) is 8.27. The predicted octanol–water partition coefficient (Wildman–Crippen LogP) is 13.5. The zero-order chi connectivity index (χ0) is 57.8. The third-order valence-corrected chi connectivity index (χ3v) is 18.2. The van der Waals surface area contributed by atoms with Gasteiger partial charge >= 0.3 is 12.4 Å². The summed E-state index contributed by atoms with van der Waals surface area (Å²) in [5.74, 6) is -4.01. The summed E-state index contributed by atoms with van der Waals surface area (Å²) in [6.07, 6.45) is -8.58. The lowest BCUT2D eigenvalue weighted by atomic mass is 9.71. The monoisotopic (exact) mass is 1080 g/mol. The van der Waals surface area contributed by atoms with Gasteiger partial charge in [-0.1, -0.05) is 69.2 Å². The van der Waals surface area contributed by atoms with Crippen LogP contribution in [-0.4, -0.2) is 89.1 Å². The number of carbonyl (C=O) groups is 4. The molecule has 5 aromatic rings. The average Bonchev–Trinajstić information content (AvgIpc) is 3.93. The Hall–Kier alpha value is -5.94. The number of hydrogen-bond donors (Lipinski definition) is 2. The number of piperidine rings is 2. The minimum absolute atomic E-state index is 0.0248. The molecule has 4 aliphatic rings. The lowest BCUT2D eigenvalue weighted by Crippen LogP contribution is -2.57. The average molecular weight is 1080 g/mol. The van der Waals surface area contributed by atoms with E-state index >= 15 is 26.3 Å². The highest BCUT2D eigenvalue weighted by molar-refractivity contribution is 6.35. The Morgan fingerprint density at radius 2 is 0.833 bits per heavy atom. The molecule has 4 aliphatic heterocycles. The van der Waals surface area contributed by atoms with Crippen molar-refractivity contribution in [3.63, 3.8) is 0 Å². The van der Waals surface area contributed by atoms with Crippen LogP contribution in [0.1, 0.15) is 200 Å². The predicted molar refractivity (Wildman–Crippen MR) is 289 cm³/mol. The Morgan fingerprint density at radius 3 is 1.26 bits per heavy atom. The number of amides is 4. The van der Waals surface area contributed by atoms with Crippen LogP contribution in [0.15, 0.2) is 72.8 Å². The van der Waals surface area contributed by atoms with Crippen LogP contribution in [0, 0.1) is 0 Å². The first-order valence-electron chi connectivity index (χ1n) is 26.8. The number of nitrogens with zero attached hydrogens (tertiary/aromatic N) is 4. The van der Waals surface area contributed by atoms with Crippen molar-refractivity contribution in [2.24, 2.45) is 0 Å². The first kappa shape index (κ1) is 56.8. The highest BCUT2D eigenvalue weighted by Crippen LogP contribution is 2.57. The molecule has 416 valence electrons. The van der Waals surface area contributed by atoms with Gasteiger partial charge in [0.05, 0.1) is 27.9 Å². The number of halogens is 6. The van der Waals surface area contributed by atoms with Crippen LogP contribution in [0.4, 0.5) is 32.0 Å². The van der Waals surface area contributed by atoms with Gasteiger partial charge in [-0.2, -0.15) is 36.5 Å². The lowest BCUT2D eigenvalue weighted by Gasteiger charge is -2.50. The standard InChI is InChI=1S/C62H70F6N4O6/c1-15-54(4,5)70-52(75)43-24-20-38(28-47(43)53(70)76)60(61(63,64)65,62(66,67)68)37-19-23-42-46(27-37)51(74)69(50(42)73)39-21-25-41-45(29-39)49(35-32-57(10,11)72(78)58(12,13)33-35)40-22-18-36(59(14,16-2)17-3)26-44(40)48(41)34-30-55(6,7)71(77)56(8,9)31-34/h18-29,77-78H,15-17,30-33H2,1-14H3. The zero-order valence-corrected chi connectivity index (χ0v) is 47.0. The van der Waals surface area contributed by atoms with Crippen molar-refractivity contribution in [1.82, 2.24) is 15.0 Å². The van der Waals surface area contributed by atoms with Crippen LogP contribution >= 0.6 is 0 Å². The van der Waals surface area contributed by atoms with Gasteiger partial charge in [-0.15, -0.1) is 0 Å². The van der Waals surface area contributed by atoms with Crippen LogP contribution < -0.4 is 15.3 Å². The number of hydrogen-bond acceptors (Lipinski definition) is 8. The van der Waals surface area contributed by atoms with Gasteiger partial charge in [0.25, 0.3) is 23.6 Å². The molecule has 0 aliphatic carbocycles. The number of rotatable bonds is 8. The summed E-state index contributed by atoms with van der Waals surface area (Å²) in [6.45, 7) is 27.0. The molecule has 0 spiro atoms. The molecule has 4 heterocycles. The van der Waals surface area contributed by atoms with Gasteiger partial charge in [-0.05, 0) is 211 Å². The fourth-order valence-corrected chi connectivity index (χ4v) is 13.5. The normalized spacial score (nSPS) is 20.2. The smallest absolute Gasteiger partial charge is 0.313 e. The quantitative estimate of drug-likeness (QED) is 0.0895. The summed E-state index contributed by atoms with van der Waals surface area (Å²) in [6, 6.07) is 15.2. The summed E-state index contributed by atoms with van der Waals surface area (Å²) in [5.41, 5.74) is -10.8. The Balaban J connectivity index is 1.30. The Morgan fingerprint density at radius 1 is 0.462 bits per heavy atom. The molecule has 2 N–H and O–H groups in total. The number of fused-ring (bicyclic) bond motifs is 4. The van der Waals surface area contributed by atoms with E-state index in [-0.39, 0.29) is 23.1 Å². The van der Waals surface area contributed by atoms with E-state index in [1.54, 1.807) is 32.9 Å².